The van der Waals surface area contributed by atoms with Crippen molar-refractivity contribution in [3.63, 3.8) is 0 Å². The summed E-state index contributed by atoms with van der Waals surface area (Å²) in [5.74, 6) is -0.125. The molecule has 1 aliphatic rings. The number of aliphatic hydroxyl groups is 1. The minimum atomic E-state index is -0.125. The van der Waals surface area contributed by atoms with Gasteiger partial charge in [0, 0.05) is 13.1 Å². The number of β-amino-alcohol motifs (C(OH)–C–C–N with tert-alkyl or cyclic N) is 1. The van der Waals surface area contributed by atoms with E-state index in [1.54, 1.807) is 0 Å². The second kappa shape index (κ2) is 6.80. The van der Waals surface area contributed by atoms with E-state index in [-0.39, 0.29) is 18.6 Å². The maximum atomic E-state index is 11.4. The monoisotopic (exact) mass is 215 g/mol. The number of carbonyl (C=O) groups excluding carboxylic acids is 1. The fourth-order valence-electron chi connectivity index (χ4n) is 1.57. The molecular formula is C11H21NO3. The van der Waals surface area contributed by atoms with Crippen LogP contribution in [-0.4, -0.2) is 48.3 Å². The first-order chi connectivity index (χ1) is 7.29. The Morgan fingerprint density at radius 3 is 2.93 bits per heavy atom. The largest absolute Gasteiger partial charge is 0.464 e. The van der Waals surface area contributed by atoms with E-state index in [1.807, 2.05) is 4.90 Å². The molecule has 0 bridgehead atoms. The molecule has 2 atom stereocenters. The molecule has 1 N–H and O–H groups in total. The fraction of sp³-hybridized carbons (Fsp3) is 0.909. The highest BCUT2D eigenvalue weighted by molar-refractivity contribution is 5.79. The number of carbonyl (C=O) groups is 1. The molecule has 1 unspecified atom stereocenters. The normalized spacial score (nSPS) is 23.9. The van der Waals surface area contributed by atoms with E-state index in [4.69, 9.17) is 9.84 Å². The molecule has 88 valence electrons. The number of nitrogens with zero attached hydrogens (tertiary/aromatic N) is 1. The number of rotatable bonds is 8. The van der Waals surface area contributed by atoms with Crippen molar-refractivity contribution in [1.29, 1.82) is 0 Å². The molecule has 4 nitrogen and oxygen atoms in total. The van der Waals surface area contributed by atoms with Gasteiger partial charge in [0.25, 0.3) is 0 Å². The summed E-state index contributed by atoms with van der Waals surface area (Å²) in [5.41, 5.74) is 0. The first-order valence-electron chi connectivity index (χ1n) is 5.81. The van der Waals surface area contributed by atoms with E-state index in [0.717, 1.165) is 19.4 Å². The van der Waals surface area contributed by atoms with Crippen molar-refractivity contribution in [1.82, 2.24) is 4.90 Å². The summed E-state index contributed by atoms with van der Waals surface area (Å²) in [6, 6.07) is -0.0803. The maximum absolute atomic E-state index is 11.4. The maximum Gasteiger partial charge on any atom is 0.324 e. The van der Waals surface area contributed by atoms with Crippen molar-refractivity contribution in [2.45, 2.75) is 38.6 Å². The molecular weight excluding hydrogens is 194 g/mol. The van der Waals surface area contributed by atoms with Crippen LogP contribution in [0.25, 0.3) is 0 Å². The number of esters is 1. The first-order valence-corrected chi connectivity index (χ1v) is 5.81. The molecule has 0 amide bonds. The third-order valence-corrected chi connectivity index (χ3v) is 2.62. The van der Waals surface area contributed by atoms with Crippen LogP contribution in [0.2, 0.25) is 0 Å². The summed E-state index contributed by atoms with van der Waals surface area (Å²) < 4.78 is 5.13. The topological polar surface area (TPSA) is 49.5 Å². The smallest absolute Gasteiger partial charge is 0.324 e. The Labute approximate surface area is 91.2 Å². The zero-order valence-electron chi connectivity index (χ0n) is 9.45. The number of hydrogen-bond donors (Lipinski definition) is 1. The number of unbranched alkanes of at least 4 members (excludes halogenated alkanes) is 3. The molecule has 0 aromatic rings. The van der Waals surface area contributed by atoms with E-state index < -0.39 is 0 Å². The number of hydrogen-bond acceptors (Lipinski definition) is 4. The molecule has 0 spiro atoms. The Hall–Kier alpha value is -0.610. The lowest BCUT2D eigenvalue weighted by Gasteiger charge is -2.04. The Morgan fingerprint density at radius 1 is 1.47 bits per heavy atom. The van der Waals surface area contributed by atoms with E-state index in [1.165, 1.54) is 12.8 Å². The number of ether oxygens (including phenoxy) is 1. The highest BCUT2D eigenvalue weighted by Crippen LogP contribution is 2.17. The highest BCUT2D eigenvalue weighted by atomic mass is 16.5. The summed E-state index contributed by atoms with van der Waals surface area (Å²) in [5, 5.41) is 8.66. The Kier molecular flexibility index (Phi) is 5.65. The standard InChI is InChI=1S/C11H21NO3/c1-2-3-4-5-8-15-11(14)10-9-12(10)6-7-13/h10,13H,2-9H2,1H3/t10-,12?/m0/s1. The van der Waals surface area contributed by atoms with E-state index in [9.17, 15) is 4.79 Å². The van der Waals surface area contributed by atoms with Crippen LogP contribution in [0, 0.1) is 0 Å². The average molecular weight is 215 g/mol. The predicted molar refractivity (Wildman–Crippen MR) is 57.5 cm³/mol. The lowest BCUT2D eigenvalue weighted by Crippen LogP contribution is -2.18. The second-order valence-corrected chi connectivity index (χ2v) is 3.96. The van der Waals surface area contributed by atoms with Crippen molar-refractivity contribution in [3.05, 3.63) is 0 Å². The van der Waals surface area contributed by atoms with Gasteiger partial charge in [-0.25, -0.2) is 0 Å². The summed E-state index contributed by atoms with van der Waals surface area (Å²) in [6.07, 6.45) is 4.50. The van der Waals surface area contributed by atoms with E-state index in [2.05, 4.69) is 6.92 Å². The van der Waals surface area contributed by atoms with Gasteiger partial charge in [-0.1, -0.05) is 26.2 Å². The lowest BCUT2D eigenvalue weighted by molar-refractivity contribution is -0.144. The van der Waals surface area contributed by atoms with Gasteiger partial charge in [-0.15, -0.1) is 0 Å². The number of aliphatic hydroxyl groups excluding tert-OH is 1. The average Bonchev–Trinajstić information content (AvgIpc) is 2.97. The van der Waals surface area contributed by atoms with Crippen LogP contribution in [0.1, 0.15) is 32.6 Å². The van der Waals surface area contributed by atoms with Crippen molar-refractivity contribution < 1.29 is 14.6 Å². The van der Waals surface area contributed by atoms with Gasteiger partial charge in [0.15, 0.2) is 0 Å². The molecule has 0 radical (unpaired) electrons. The van der Waals surface area contributed by atoms with Gasteiger partial charge in [0.05, 0.1) is 13.2 Å². The molecule has 4 heteroatoms. The molecule has 0 aliphatic carbocycles. The third-order valence-electron chi connectivity index (χ3n) is 2.62. The molecule has 1 rings (SSSR count). The van der Waals surface area contributed by atoms with E-state index >= 15 is 0 Å². The first kappa shape index (κ1) is 12.5. The van der Waals surface area contributed by atoms with Gasteiger partial charge < -0.3 is 9.84 Å². The van der Waals surface area contributed by atoms with Crippen molar-refractivity contribution >= 4 is 5.97 Å². The van der Waals surface area contributed by atoms with Gasteiger partial charge in [-0.05, 0) is 6.42 Å². The van der Waals surface area contributed by atoms with E-state index in [0.29, 0.717) is 13.2 Å². The Morgan fingerprint density at radius 2 is 2.27 bits per heavy atom. The Balaban J connectivity index is 1.96. The summed E-state index contributed by atoms with van der Waals surface area (Å²) >= 11 is 0. The van der Waals surface area contributed by atoms with Crippen molar-refractivity contribution in [3.8, 4) is 0 Å². The van der Waals surface area contributed by atoms with Crippen LogP contribution >= 0.6 is 0 Å². The van der Waals surface area contributed by atoms with Gasteiger partial charge in [0.2, 0.25) is 0 Å². The van der Waals surface area contributed by atoms with Gasteiger partial charge >= 0.3 is 5.97 Å². The molecule has 1 saturated heterocycles. The van der Waals surface area contributed by atoms with Crippen LogP contribution < -0.4 is 0 Å². The molecule has 1 heterocycles. The highest BCUT2D eigenvalue weighted by Gasteiger charge is 2.40. The van der Waals surface area contributed by atoms with Crippen LogP contribution in [0.4, 0.5) is 0 Å². The van der Waals surface area contributed by atoms with Crippen LogP contribution in [0.5, 0.6) is 0 Å². The molecule has 1 aliphatic heterocycles. The molecule has 1 fully saturated rings. The SMILES string of the molecule is CCCCCCOC(=O)[C@@H]1CN1CCO. The summed E-state index contributed by atoms with van der Waals surface area (Å²) in [6.45, 7) is 4.13. The van der Waals surface area contributed by atoms with Gasteiger partial charge in [0.1, 0.15) is 6.04 Å². The quantitative estimate of drug-likeness (QED) is 0.369. The van der Waals surface area contributed by atoms with Crippen LogP contribution in [0.3, 0.4) is 0 Å². The summed E-state index contributed by atoms with van der Waals surface area (Å²) in [4.78, 5) is 13.3. The predicted octanol–water partition coefficient (Wildman–Crippen LogP) is 0.786. The van der Waals surface area contributed by atoms with Gasteiger partial charge in [-0.3, -0.25) is 9.69 Å². The fourth-order valence-corrected chi connectivity index (χ4v) is 1.57. The third kappa shape index (κ3) is 4.62. The zero-order valence-corrected chi connectivity index (χ0v) is 9.45. The Bertz CT molecular complexity index is 196. The van der Waals surface area contributed by atoms with Gasteiger partial charge in [-0.2, -0.15) is 0 Å². The van der Waals surface area contributed by atoms with Crippen molar-refractivity contribution in [2.24, 2.45) is 0 Å². The second-order valence-electron chi connectivity index (χ2n) is 3.96. The molecule has 15 heavy (non-hydrogen) atoms. The summed E-state index contributed by atoms with van der Waals surface area (Å²) in [7, 11) is 0. The van der Waals surface area contributed by atoms with Crippen LogP contribution in [-0.2, 0) is 9.53 Å². The van der Waals surface area contributed by atoms with Crippen molar-refractivity contribution in [2.75, 3.05) is 26.3 Å². The minimum absolute atomic E-state index is 0.0803. The lowest BCUT2D eigenvalue weighted by atomic mass is 10.2. The molecule has 0 aromatic heterocycles. The molecule has 0 saturated carbocycles. The zero-order chi connectivity index (χ0) is 11.1. The van der Waals surface area contributed by atoms with Crippen LogP contribution in [0.15, 0.2) is 0 Å². The molecule has 0 aromatic carbocycles. The minimum Gasteiger partial charge on any atom is -0.464 e.